The van der Waals surface area contributed by atoms with Gasteiger partial charge in [-0.3, -0.25) is 14.5 Å². The van der Waals surface area contributed by atoms with Crippen LogP contribution in [0, 0.1) is 11.8 Å². The fraction of sp³-hybridized carbons (Fsp3) is 0.742. The van der Waals surface area contributed by atoms with Gasteiger partial charge in [0.25, 0.3) is 0 Å². The Bertz CT molecular complexity index is 746. The van der Waals surface area contributed by atoms with Crippen molar-refractivity contribution in [2.45, 2.75) is 104 Å². The summed E-state index contributed by atoms with van der Waals surface area (Å²) in [6, 6.07) is 10.3. The van der Waals surface area contributed by atoms with Gasteiger partial charge in [0.1, 0.15) is 0 Å². The molecule has 1 fully saturated rings. The number of carbonyl (C=O) groups is 2. The van der Waals surface area contributed by atoms with Crippen molar-refractivity contribution >= 4 is 11.8 Å². The Kier molecular flexibility index (Phi) is 13.0. The van der Waals surface area contributed by atoms with Crippen LogP contribution in [0.2, 0.25) is 0 Å². The molecular formula is C31H53N2O2+. The molecule has 0 bridgehead atoms. The molecule has 0 aliphatic carbocycles. The van der Waals surface area contributed by atoms with Gasteiger partial charge in [0.2, 0.25) is 11.8 Å². The number of rotatable bonds is 18. The molecule has 1 heterocycles. The maximum Gasteiger partial charge on any atom is 0.233 e. The van der Waals surface area contributed by atoms with Gasteiger partial charge in [-0.15, -0.1) is 0 Å². The lowest BCUT2D eigenvalue weighted by Crippen LogP contribution is -2.43. The van der Waals surface area contributed by atoms with Crippen molar-refractivity contribution in [2.24, 2.45) is 11.8 Å². The van der Waals surface area contributed by atoms with E-state index >= 15 is 0 Å². The Morgan fingerprint density at radius 3 is 1.94 bits per heavy atom. The third-order valence-electron chi connectivity index (χ3n) is 8.08. The van der Waals surface area contributed by atoms with E-state index in [-0.39, 0.29) is 29.6 Å². The summed E-state index contributed by atoms with van der Waals surface area (Å²) in [6.45, 7) is 9.12. The van der Waals surface area contributed by atoms with E-state index in [1.165, 1.54) is 76.3 Å². The highest BCUT2D eigenvalue weighted by molar-refractivity contribution is 6.04. The smallest absolute Gasteiger partial charge is 0.233 e. The van der Waals surface area contributed by atoms with Crippen LogP contribution in [0.4, 0.5) is 0 Å². The van der Waals surface area contributed by atoms with Crippen LogP contribution in [-0.2, 0) is 9.59 Å². The zero-order valence-corrected chi connectivity index (χ0v) is 23.4. The van der Waals surface area contributed by atoms with Crippen molar-refractivity contribution in [3.63, 3.8) is 0 Å². The standard InChI is InChI=1S/C31H53N2O2/c1-6-7-8-9-10-11-12-13-14-18-23-33(4,5)24-19-22-32-30(34)27(3)29(31(32)35)25-26(2)28-20-16-15-17-21-28/h15-17,20-21,26-27,29H,6-14,18-19,22-25H2,1-5H3/q+1. The van der Waals surface area contributed by atoms with Crippen molar-refractivity contribution in [3.8, 4) is 0 Å². The summed E-state index contributed by atoms with van der Waals surface area (Å²) in [5.41, 5.74) is 1.24. The number of benzene rings is 1. The Labute approximate surface area is 216 Å². The van der Waals surface area contributed by atoms with Crippen molar-refractivity contribution < 1.29 is 14.1 Å². The minimum atomic E-state index is -0.206. The molecule has 0 aromatic heterocycles. The largest absolute Gasteiger partial charge is 0.328 e. The molecule has 1 aliphatic heterocycles. The van der Waals surface area contributed by atoms with Gasteiger partial charge in [-0.25, -0.2) is 0 Å². The van der Waals surface area contributed by atoms with Gasteiger partial charge in [-0.05, 0) is 30.7 Å². The number of likely N-dealkylation sites (tertiary alicyclic amines) is 1. The SMILES string of the molecule is CCCCCCCCCCCC[N+](C)(C)CCCN1C(=O)C(C)C(CC(C)c2ccccc2)C1=O. The number of amides is 2. The maximum absolute atomic E-state index is 13.1. The van der Waals surface area contributed by atoms with E-state index in [1.54, 1.807) is 4.90 Å². The van der Waals surface area contributed by atoms with Gasteiger partial charge in [-0.1, -0.05) is 102 Å². The summed E-state index contributed by atoms with van der Waals surface area (Å²) < 4.78 is 0.970. The first-order valence-electron chi connectivity index (χ1n) is 14.5. The zero-order valence-electron chi connectivity index (χ0n) is 23.4. The Hall–Kier alpha value is -1.68. The predicted octanol–water partition coefficient (Wildman–Crippen LogP) is 7.19. The number of hydrogen-bond acceptors (Lipinski definition) is 2. The molecule has 3 unspecified atom stereocenters. The van der Waals surface area contributed by atoms with Crippen LogP contribution >= 0.6 is 0 Å². The van der Waals surface area contributed by atoms with Gasteiger partial charge in [0.15, 0.2) is 0 Å². The fourth-order valence-electron chi connectivity index (χ4n) is 5.56. The van der Waals surface area contributed by atoms with Gasteiger partial charge in [0, 0.05) is 18.9 Å². The molecule has 198 valence electrons. The van der Waals surface area contributed by atoms with E-state index in [1.807, 2.05) is 25.1 Å². The predicted molar refractivity (Wildman–Crippen MR) is 147 cm³/mol. The molecule has 1 aromatic rings. The van der Waals surface area contributed by atoms with Crippen molar-refractivity contribution in [2.75, 3.05) is 33.7 Å². The van der Waals surface area contributed by atoms with Crippen LogP contribution in [0.1, 0.15) is 109 Å². The Morgan fingerprint density at radius 2 is 1.34 bits per heavy atom. The second kappa shape index (κ2) is 15.4. The Balaban J connectivity index is 1.65. The molecule has 4 heteroatoms. The lowest BCUT2D eigenvalue weighted by molar-refractivity contribution is -0.890. The molecule has 0 radical (unpaired) electrons. The van der Waals surface area contributed by atoms with E-state index in [4.69, 9.17) is 0 Å². The van der Waals surface area contributed by atoms with Crippen LogP contribution in [-0.4, -0.2) is 54.9 Å². The first-order valence-corrected chi connectivity index (χ1v) is 14.5. The minimum absolute atomic E-state index is 0.0280. The third-order valence-corrected chi connectivity index (χ3v) is 8.08. The van der Waals surface area contributed by atoms with Crippen LogP contribution in [0.25, 0.3) is 0 Å². The van der Waals surface area contributed by atoms with E-state index < -0.39 is 0 Å². The van der Waals surface area contributed by atoms with E-state index in [0.29, 0.717) is 6.54 Å². The van der Waals surface area contributed by atoms with E-state index in [0.717, 1.165) is 23.9 Å². The lowest BCUT2D eigenvalue weighted by Gasteiger charge is -2.30. The Morgan fingerprint density at radius 1 is 0.800 bits per heavy atom. The summed E-state index contributed by atoms with van der Waals surface area (Å²) in [4.78, 5) is 27.6. The second-order valence-electron chi connectivity index (χ2n) is 11.7. The molecule has 1 aliphatic rings. The van der Waals surface area contributed by atoms with Gasteiger partial charge < -0.3 is 4.48 Å². The van der Waals surface area contributed by atoms with Crippen LogP contribution in [0.15, 0.2) is 30.3 Å². The molecule has 1 saturated heterocycles. The second-order valence-corrected chi connectivity index (χ2v) is 11.7. The number of unbranched alkanes of at least 4 members (excludes halogenated alkanes) is 9. The minimum Gasteiger partial charge on any atom is -0.328 e. The number of imide groups is 1. The molecule has 2 amide bonds. The highest BCUT2D eigenvalue weighted by Gasteiger charge is 2.45. The van der Waals surface area contributed by atoms with Gasteiger partial charge in [0.05, 0.1) is 33.1 Å². The zero-order chi connectivity index (χ0) is 25.7. The average Bonchev–Trinajstić information content (AvgIpc) is 3.04. The summed E-state index contributed by atoms with van der Waals surface area (Å²) in [5.74, 6) is -0.0443. The molecule has 35 heavy (non-hydrogen) atoms. The third kappa shape index (κ3) is 10.1. The molecule has 0 saturated carbocycles. The molecule has 0 N–H and O–H groups in total. The molecule has 4 nitrogen and oxygen atoms in total. The summed E-state index contributed by atoms with van der Waals surface area (Å²) >= 11 is 0. The molecular weight excluding hydrogens is 432 g/mol. The van der Waals surface area contributed by atoms with Crippen molar-refractivity contribution in [1.29, 1.82) is 0 Å². The van der Waals surface area contributed by atoms with Crippen LogP contribution < -0.4 is 0 Å². The molecule has 1 aromatic carbocycles. The van der Waals surface area contributed by atoms with Crippen molar-refractivity contribution in [3.05, 3.63) is 35.9 Å². The first kappa shape index (κ1) is 29.5. The van der Waals surface area contributed by atoms with E-state index in [9.17, 15) is 9.59 Å². The topological polar surface area (TPSA) is 37.4 Å². The van der Waals surface area contributed by atoms with E-state index in [2.05, 4.69) is 40.1 Å². The fourth-order valence-corrected chi connectivity index (χ4v) is 5.56. The number of hydrogen-bond donors (Lipinski definition) is 0. The molecule has 0 spiro atoms. The van der Waals surface area contributed by atoms with Crippen molar-refractivity contribution in [1.82, 2.24) is 4.90 Å². The number of quaternary nitrogens is 1. The maximum atomic E-state index is 13.1. The summed E-state index contributed by atoms with van der Waals surface area (Å²) in [6.07, 6.45) is 15.3. The molecule has 2 rings (SSSR count). The van der Waals surface area contributed by atoms with Gasteiger partial charge >= 0.3 is 0 Å². The monoisotopic (exact) mass is 485 g/mol. The van der Waals surface area contributed by atoms with Gasteiger partial charge in [-0.2, -0.15) is 0 Å². The number of nitrogens with zero attached hydrogens (tertiary/aromatic N) is 2. The quantitative estimate of drug-likeness (QED) is 0.125. The number of carbonyl (C=O) groups excluding carboxylic acids is 2. The van der Waals surface area contributed by atoms with Crippen LogP contribution in [0.3, 0.4) is 0 Å². The first-order chi connectivity index (χ1) is 16.8. The lowest BCUT2D eigenvalue weighted by atomic mass is 9.85. The summed E-state index contributed by atoms with van der Waals surface area (Å²) in [7, 11) is 4.57. The normalized spacial score (nSPS) is 19.5. The highest BCUT2D eigenvalue weighted by atomic mass is 16.2. The molecule has 3 atom stereocenters. The average molecular weight is 486 g/mol. The highest BCUT2D eigenvalue weighted by Crippen LogP contribution is 2.34. The van der Waals surface area contributed by atoms with Crippen LogP contribution in [0.5, 0.6) is 0 Å². The summed E-state index contributed by atoms with van der Waals surface area (Å²) in [5, 5.41) is 0.